The summed E-state index contributed by atoms with van der Waals surface area (Å²) in [6.07, 6.45) is 2.96. The second kappa shape index (κ2) is 8.26. The number of fused-ring (bicyclic) bond motifs is 1. The van der Waals surface area contributed by atoms with Gasteiger partial charge in [-0.3, -0.25) is 9.79 Å². The Kier molecular flexibility index (Phi) is 6.06. The minimum absolute atomic E-state index is 0.0169. The van der Waals surface area contributed by atoms with Gasteiger partial charge in [-0.05, 0) is 25.0 Å². The van der Waals surface area contributed by atoms with E-state index in [0.717, 1.165) is 37.2 Å². The van der Waals surface area contributed by atoms with Crippen LogP contribution in [0, 0.1) is 0 Å². The third-order valence-electron chi connectivity index (χ3n) is 3.47. The summed E-state index contributed by atoms with van der Waals surface area (Å²) in [5.74, 6) is 1.21. The van der Waals surface area contributed by atoms with Crippen LogP contribution in [0.3, 0.4) is 0 Å². The second-order valence-electron chi connectivity index (χ2n) is 5.20. The van der Waals surface area contributed by atoms with Crippen LogP contribution in [0.4, 0.5) is 5.69 Å². The van der Waals surface area contributed by atoms with Crippen LogP contribution in [0.1, 0.15) is 26.2 Å². The number of nitrogens with zero attached hydrogens (tertiary/aromatic N) is 2. The Balaban J connectivity index is 1.82. The molecule has 0 fully saturated rings. The van der Waals surface area contributed by atoms with E-state index in [-0.39, 0.29) is 12.5 Å². The van der Waals surface area contributed by atoms with Gasteiger partial charge in [0.1, 0.15) is 5.75 Å². The van der Waals surface area contributed by atoms with Gasteiger partial charge in [0.05, 0.1) is 5.69 Å². The molecule has 6 nitrogen and oxygen atoms in total. The molecule has 3 N–H and O–H groups in total. The molecule has 0 radical (unpaired) electrons. The fourth-order valence-electron chi connectivity index (χ4n) is 2.28. The molecule has 120 valence electrons. The smallest absolute Gasteiger partial charge is 0.265 e. The molecule has 1 amide bonds. The molecule has 1 aromatic rings. The van der Waals surface area contributed by atoms with Gasteiger partial charge in [-0.25, -0.2) is 0 Å². The number of guanidine groups is 1. The van der Waals surface area contributed by atoms with Gasteiger partial charge < -0.3 is 20.7 Å². The highest BCUT2D eigenvalue weighted by Gasteiger charge is 2.24. The summed E-state index contributed by atoms with van der Waals surface area (Å²) in [6.45, 7) is 4.29. The van der Waals surface area contributed by atoms with E-state index < -0.39 is 0 Å². The molecule has 1 aliphatic heterocycles. The lowest BCUT2D eigenvalue weighted by atomic mass is 10.2. The number of amides is 1. The molecule has 0 bridgehead atoms. The average molecular weight is 304 g/mol. The lowest BCUT2D eigenvalue weighted by Crippen LogP contribution is -2.39. The van der Waals surface area contributed by atoms with Crippen molar-refractivity contribution in [3.05, 3.63) is 24.3 Å². The van der Waals surface area contributed by atoms with Gasteiger partial charge in [-0.15, -0.1) is 0 Å². The Morgan fingerprint density at radius 1 is 1.41 bits per heavy atom. The molecule has 0 atom stereocenters. The predicted octanol–water partition coefficient (Wildman–Crippen LogP) is 1.51. The molecular weight excluding hydrogens is 280 g/mol. The van der Waals surface area contributed by atoms with E-state index in [0.29, 0.717) is 19.0 Å². The van der Waals surface area contributed by atoms with Gasteiger partial charge in [-0.2, -0.15) is 0 Å². The van der Waals surface area contributed by atoms with Gasteiger partial charge >= 0.3 is 0 Å². The Morgan fingerprint density at radius 2 is 2.23 bits per heavy atom. The van der Waals surface area contributed by atoms with E-state index in [1.165, 1.54) is 0 Å². The van der Waals surface area contributed by atoms with Crippen molar-refractivity contribution >= 4 is 17.6 Å². The maximum Gasteiger partial charge on any atom is 0.265 e. The van der Waals surface area contributed by atoms with Crippen LogP contribution in [0.15, 0.2) is 29.3 Å². The Labute approximate surface area is 131 Å². The molecular formula is C16H24N4O2. The molecule has 1 aliphatic rings. The lowest BCUT2D eigenvalue weighted by Gasteiger charge is -2.29. The van der Waals surface area contributed by atoms with Gasteiger partial charge in [-0.1, -0.05) is 25.5 Å². The molecule has 2 rings (SSSR count). The van der Waals surface area contributed by atoms with Gasteiger partial charge in [0.15, 0.2) is 12.6 Å². The van der Waals surface area contributed by atoms with Crippen LogP contribution in [0.2, 0.25) is 0 Å². The molecule has 0 saturated carbocycles. The molecule has 0 spiro atoms. The zero-order chi connectivity index (χ0) is 15.8. The molecule has 0 saturated heterocycles. The SMILES string of the molecule is CCCCNC(N)=NCCCN1C(=O)COc2ccccc21. The number of benzene rings is 1. The van der Waals surface area contributed by atoms with Crippen LogP contribution in [-0.4, -0.2) is 38.1 Å². The maximum atomic E-state index is 12.0. The maximum absolute atomic E-state index is 12.0. The summed E-state index contributed by atoms with van der Waals surface area (Å²) in [5.41, 5.74) is 6.61. The highest BCUT2D eigenvalue weighted by atomic mass is 16.5. The Hall–Kier alpha value is -2.24. The fourth-order valence-corrected chi connectivity index (χ4v) is 2.28. The van der Waals surface area contributed by atoms with Crippen molar-refractivity contribution in [1.29, 1.82) is 0 Å². The van der Waals surface area contributed by atoms with Crippen molar-refractivity contribution < 1.29 is 9.53 Å². The molecule has 1 aromatic carbocycles. The number of unbranched alkanes of at least 4 members (excludes halogenated alkanes) is 1. The van der Waals surface area contributed by atoms with Crippen LogP contribution in [-0.2, 0) is 4.79 Å². The number of carbonyl (C=O) groups is 1. The lowest BCUT2D eigenvalue weighted by molar-refractivity contribution is -0.121. The zero-order valence-corrected chi connectivity index (χ0v) is 13.0. The Morgan fingerprint density at radius 3 is 3.05 bits per heavy atom. The van der Waals surface area contributed by atoms with Crippen molar-refractivity contribution in [2.45, 2.75) is 26.2 Å². The van der Waals surface area contributed by atoms with Crippen molar-refractivity contribution in [2.75, 3.05) is 31.1 Å². The van der Waals surface area contributed by atoms with E-state index >= 15 is 0 Å². The topological polar surface area (TPSA) is 80.0 Å². The number of para-hydroxylation sites is 2. The van der Waals surface area contributed by atoms with Crippen LogP contribution in [0.5, 0.6) is 5.75 Å². The minimum Gasteiger partial charge on any atom is -0.482 e. The quantitative estimate of drug-likeness (QED) is 0.454. The van der Waals surface area contributed by atoms with E-state index in [9.17, 15) is 4.79 Å². The summed E-state index contributed by atoms with van der Waals surface area (Å²) >= 11 is 0. The number of hydrogen-bond donors (Lipinski definition) is 2. The molecule has 0 aliphatic carbocycles. The largest absolute Gasteiger partial charge is 0.482 e. The number of aliphatic imine (C=N–C) groups is 1. The molecule has 22 heavy (non-hydrogen) atoms. The van der Waals surface area contributed by atoms with Crippen molar-refractivity contribution in [2.24, 2.45) is 10.7 Å². The van der Waals surface area contributed by atoms with E-state index in [2.05, 4.69) is 17.2 Å². The fraction of sp³-hybridized carbons (Fsp3) is 0.500. The molecule has 0 aromatic heterocycles. The molecule has 6 heteroatoms. The summed E-state index contributed by atoms with van der Waals surface area (Å²) in [5, 5.41) is 3.07. The number of hydrogen-bond acceptors (Lipinski definition) is 3. The van der Waals surface area contributed by atoms with Crippen molar-refractivity contribution in [3.8, 4) is 5.75 Å². The van der Waals surface area contributed by atoms with Crippen LogP contribution in [0.25, 0.3) is 0 Å². The molecule has 1 heterocycles. The highest BCUT2D eigenvalue weighted by Crippen LogP contribution is 2.31. The van der Waals surface area contributed by atoms with E-state index in [1.807, 2.05) is 24.3 Å². The Bertz CT molecular complexity index is 531. The van der Waals surface area contributed by atoms with Gasteiger partial charge in [0.25, 0.3) is 5.91 Å². The number of nitrogens with two attached hydrogens (primary N) is 1. The van der Waals surface area contributed by atoms with Crippen molar-refractivity contribution in [1.82, 2.24) is 5.32 Å². The first-order valence-electron chi connectivity index (χ1n) is 7.78. The summed E-state index contributed by atoms with van der Waals surface area (Å²) in [4.78, 5) is 18.0. The third kappa shape index (κ3) is 4.38. The number of ether oxygens (including phenoxy) is 1. The molecule has 0 unspecified atom stereocenters. The van der Waals surface area contributed by atoms with Gasteiger partial charge in [0.2, 0.25) is 0 Å². The summed E-state index contributed by atoms with van der Waals surface area (Å²) in [6, 6.07) is 7.58. The minimum atomic E-state index is -0.0169. The number of nitrogens with one attached hydrogen (secondary N) is 1. The first-order chi connectivity index (χ1) is 10.7. The number of carbonyl (C=O) groups excluding carboxylic acids is 1. The van der Waals surface area contributed by atoms with Crippen LogP contribution >= 0.6 is 0 Å². The highest BCUT2D eigenvalue weighted by molar-refractivity contribution is 5.97. The second-order valence-corrected chi connectivity index (χ2v) is 5.20. The van der Waals surface area contributed by atoms with Crippen LogP contribution < -0.4 is 20.7 Å². The monoisotopic (exact) mass is 304 g/mol. The summed E-state index contributed by atoms with van der Waals surface area (Å²) < 4.78 is 5.42. The zero-order valence-electron chi connectivity index (χ0n) is 13.0. The first-order valence-corrected chi connectivity index (χ1v) is 7.78. The van der Waals surface area contributed by atoms with Gasteiger partial charge in [0, 0.05) is 19.6 Å². The van der Waals surface area contributed by atoms with E-state index in [1.54, 1.807) is 4.90 Å². The summed E-state index contributed by atoms with van der Waals surface area (Å²) in [7, 11) is 0. The van der Waals surface area contributed by atoms with E-state index in [4.69, 9.17) is 10.5 Å². The predicted molar refractivity (Wildman–Crippen MR) is 88.3 cm³/mol. The standard InChI is InChI=1S/C16H24N4O2/c1-2-3-9-18-16(17)19-10-6-11-20-13-7-4-5-8-14(13)22-12-15(20)21/h4-5,7-8H,2-3,6,9-12H2,1H3,(H3,17,18,19). The normalized spacial score (nSPS) is 14.5. The number of anilines is 1. The third-order valence-corrected chi connectivity index (χ3v) is 3.47. The first kappa shape index (κ1) is 16.1. The number of rotatable bonds is 7. The average Bonchev–Trinajstić information content (AvgIpc) is 2.53. The van der Waals surface area contributed by atoms with Crippen molar-refractivity contribution in [3.63, 3.8) is 0 Å².